The van der Waals surface area contributed by atoms with Gasteiger partial charge in [0.05, 0.1) is 19.0 Å². The molecule has 0 saturated heterocycles. The highest BCUT2D eigenvalue weighted by atomic mass is 31.2. The molecule has 0 aromatic heterocycles. The lowest BCUT2D eigenvalue weighted by atomic mass is 10.0. The average Bonchev–Trinajstić information content (AvgIpc) is 3.05. The number of hydrogen-bond acceptors (Lipinski definition) is 6. The molecule has 48 heavy (non-hydrogen) atoms. The van der Waals surface area contributed by atoms with Gasteiger partial charge < -0.3 is 24.4 Å². The predicted octanol–water partition coefficient (Wildman–Crippen LogP) is 10.7. The van der Waals surface area contributed by atoms with E-state index in [-0.39, 0.29) is 19.6 Å². The number of aliphatic hydroxyl groups excluding tert-OH is 1. The minimum absolute atomic E-state index is 0.154. The Bertz CT molecular complexity index is 921. The molecular formula is C39H69O8P. The summed E-state index contributed by atoms with van der Waals surface area (Å²) in [6.45, 7) is 3.90. The van der Waals surface area contributed by atoms with Gasteiger partial charge >= 0.3 is 13.8 Å². The van der Waals surface area contributed by atoms with Gasteiger partial charge in [-0.1, -0.05) is 146 Å². The van der Waals surface area contributed by atoms with Crippen molar-refractivity contribution in [2.45, 2.75) is 167 Å². The number of aliphatic hydroxyl groups is 1. The Kier molecular flexibility index (Phi) is 33.5. The highest BCUT2D eigenvalue weighted by molar-refractivity contribution is 7.46. The Labute approximate surface area is 293 Å². The van der Waals surface area contributed by atoms with Crippen molar-refractivity contribution in [3.63, 3.8) is 0 Å². The highest BCUT2D eigenvalue weighted by Gasteiger charge is 2.20. The maximum absolute atomic E-state index is 12.2. The molecule has 0 radical (unpaired) electrons. The van der Waals surface area contributed by atoms with Gasteiger partial charge in [0.2, 0.25) is 0 Å². The number of hydrogen-bond donors (Lipinski definition) is 3. The first kappa shape index (κ1) is 46.0. The molecule has 0 aliphatic carbocycles. The number of phosphoric acid groups is 1. The normalized spacial score (nSPS) is 13.9. The van der Waals surface area contributed by atoms with Gasteiger partial charge in [-0.15, -0.1) is 0 Å². The van der Waals surface area contributed by atoms with Gasteiger partial charge in [-0.25, -0.2) is 4.57 Å². The van der Waals surface area contributed by atoms with Crippen LogP contribution in [0.5, 0.6) is 0 Å². The van der Waals surface area contributed by atoms with Crippen LogP contribution >= 0.6 is 7.82 Å². The zero-order valence-corrected chi connectivity index (χ0v) is 31.1. The smallest absolute Gasteiger partial charge is 0.469 e. The van der Waals surface area contributed by atoms with E-state index in [1.807, 2.05) is 42.5 Å². The minimum atomic E-state index is -4.67. The van der Waals surface area contributed by atoms with Crippen LogP contribution < -0.4 is 0 Å². The van der Waals surface area contributed by atoms with Crippen LogP contribution in [-0.2, 0) is 23.4 Å². The molecule has 0 unspecified atom stereocenters. The largest absolute Gasteiger partial charge is 0.492 e. The maximum atomic E-state index is 12.2. The fourth-order valence-electron chi connectivity index (χ4n) is 4.85. The number of ether oxygens (including phenoxy) is 2. The number of rotatable bonds is 34. The molecule has 9 heteroatoms. The molecule has 0 aliphatic heterocycles. The number of carbonyl (C=O) groups is 1. The Balaban J connectivity index is 4.07. The summed E-state index contributed by atoms with van der Waals surface area (Å²) < 4.78 is 26.6. The number of allylic oxidation sites excluding steroid dienone is 7. The number of esters is 1. The van der Waals surface area contributed by atoms with Crippen LogP contribution in [0.3, 0.4) is 0 Å². The Morgan fingerprint density at radius 1 is 0.667 bits per heavy atom. The summed E-state index contributed by atoms with van der Waals surface area (Å²) in [5, 5.41) is 10.0. The summed E-state index contributed by atoms with van der Waals surface area (Å²) in [6.07, 6.45) is 41.9. The monoisotopic (exact) mass is 696 g/mol. The van der Waals surface area contributed by atoms with Crippen LogP contribution in [0.25, 0.3) is 0 Å². The van der Waals surface area contributed by atoms with Gasteiger partial charge in [-0.05, 0) is 57.4 Å². The molecule has 0 heterocycles. The Morgan fingerprint density at radius 3 is 1.90 bits per heavy atom. The van der Waals surface area contributed by atoms with Gasteiger partial charge in [-0.2, -0.15) is 0 Å². The maximum Gasteiger partial charge on any atom is 0.469 e. The molecule has 2 atom stereocenters. The van der Waals surface area contributed by atoms with Crippen molar-refractivity contribution in [3.05, 3.63) is 60.9 Å². The zero-order chi connectivity index (χ0) is 35.4. The second-order valence-corrected chi connectivity index (χ2v) is 13.7. The first-order valence-corrected chi connectivity index (χ1v) is 20.3. The minimum Gasteiger partial charge on any atom is -0.492 e. The lowest BCUT2D eigenvalue weighted by Gasteiger charge is -2.17. The average molecular weight is 697 g/mol. The molecule has 0 amide bonds. The topological polar surface area (TPSA) is 123 Å². The lowest BCUT2D eigenvalue weighted by Crippen LogP contribution is -2.25. The van der Waals surface area contributed by atoms with E-state index in [1.54, 1.807) is 6.08 Å². The zero-order valence-electron chi connectivity index (χ0n) is 30.2. The molecule has 0 rings (SSSR count). The van der Waals surface area contributed by atoms with Crippen molar-refractivity contribution in [2.24, 2.45) is 0 Å². The molecule has 0 bridgehead atoms. The van der Waals surface area contributed by atoms with Gasteiger partial charge in [-0.3, -0.25) is 9.32 Å². The molecule has 278 valence electrons. The number of carbonyl (C=O) groups excluding carboxylic acids is 1. The highest BCUT2D eigenvalue weighted by Crippen LogP contribution is 2.35. The van der Waals surface area contributed by atoms with Gasteiger partial charge in [0, 0.05) is 6.42 Å². The summed E-state index contributed by atoms with van der Waals surface area (Å²) in [5.41, 5.74) is 0. The quantitative estimate of drug-likeness (QED) is 0.0152. The van der Waals surface area contributed by atoms with E-state index in [2.05, 4.69) is 24.4 Å². The number of unbranched alkanes of at least 4 members (excludes halogenated alkanes) is 16. The summed E-state index contributed by atoms with van der Waals surface area (Å²) >= 11 is 0. The summed E-state index contributed by atoms with van der Waals surface area (Å²) in [4.78, 5) is 30.3. The van der Waals surface area contributed by atoms with Crippen LogP contribution in [0.4, 0.5) is 0 Å². The SMILES string of the molecule is CCCCC/C=C\C=C/[C@@H](O)C/C=C\C/C=C/CCCC(=O)OC[C@H](COP(=O)(O)O)O/C=C/CCCCCCCCCCCCCC. The van der Waals surface area contributed by atoms with Crippen molar-refractivity contribution < 1.29 is 38.3 Å². The molecular weight excluding hydrogens is 627 g/mol. The molecule has 0 aromatic rings. The molecule has 0 fully saturated rings. The van der Waals surface area contributed by atoms with E-state index < -0.39 is 26.0 Å². The molecule has 0 aromatic carbocycles. The van der Waals surface area contributed by atoms with Crippen molar-refractivity contribution >= 4 is 13.8 Å². The van der Waals surface area contributed by atoms with Crippen LogP contribution in [0.1, 0.15) is 155 Å². The third kappa shape index (κ3) is 36.9. The fourth-order valence-corrected chi connectivity index (χ4v) is 5.21. The molecule has 3 N–H and O–H groups in total. The standard InChI is InChI=1S/C39H69O8P/c1-3-5-7-9-11-12-13-14-15-16-17-22-26-30-34-45-38(36-47-48(42,43)44)35-46-39(41)33-29-25-21-18-20-24-28-32-37(40)31-27-23-19-10-8-6-4-2/h18-19,21,23-24,27-28,30-31,34,37-38,40H,3-17,20,22,25-26,29,32-33,35-36H2,1-2H3,(H2,42,43,44)/b21-18+,23-19-,28-24-,31-27-,34-30+/t37-,38-/m1/s1. The van der Waals surface area contributed by atoms with Gasteiger partial charge in [0.25, 0.3) is 0 Å². The Morgan fingerprint density at radius 2 is 1.23 bits per heavy atom. The van der Waals surface area contributed by atoms with Crippen molar-refractivity contribution in [1.29, 1.82) is 0 Å². The first-order valence-electron chi connectivity index (χ1n) is 18.8. The van der Waals surface area contributed by atoms with Crippen molar-refractivity contribution in [2.75, 3.05) is 13.2 Å². The molecule has 0 spiro atoms. The first-order chi connectivity index (χ1) is 23.3. The third-order valence-electron chi connectivity index (χ3n) is 7.74. The summed E-state index contributed by atoms with van der Waals surface area (Å²) in [5.74, 6) is -0.397. The van der Waals surface area contributed by atoms with Crippen molar-refractivity contribution in [1.82, 2.24) is 0 Å². The summed E-state index contributed by atoms with van der Waals surface area (Å²) in [6, 6.07) is 0. The fraction of sp³-hybridized carbons (Fsp3) is 0.718. The van der Waals surface area contributed by atoms with Gasteiger partial charge in [0.15, 0.2) is 6.10 Å². The van der Waals surface area contributed by atoms with Crippen molar-refractivity contribution in [3.8, 4) is 0 Å². The van der Waals surface area contributed by atoms with Crippen LogP contribution in [-0.4, -0.2) is 46.3 Å². The van der Waals surface area contributed by atoms with E-state index in [0.29, 0.717) is 12.8 Å². The predicted molar refractivity (Wildman–Crippen MR) is 198 cm³/mol. The third-order valence-corrected chi connectivity index (χ3v) is 8.23. The second-order valence-electron chi connectivity index (χ2n) is 12.5. The second kappa shape index (κ2) is 34.9. The lowest BCUT2D eigenvalue weighted by molar-refractivity contribution is -0.147. The molecule has 0 aliphatic rings. The van der Waals surface area contributed by atoms with Crippen LogP contribution in [0.15, 0.2) is 60.9 Å². The van der Waals surface area contributed by atoms with E-state index >= 15 is 0 Å². The summed E-state index contributed by atoms with van der Waals surface area (Å²) in [7, 11) is -4.67. The Hall–Kier alpha value is -1.96. The van der Waals surface area contributed by atoms with E-state index in [0.717, 1.165) is 38.5 Å². The van der Waals surface area contributed by atoms with E-state index in [1.165, 1.54) is 89.7 Å². The molecule has 0 saturated carbocycles. The van der Waals surface area contributed by atoms with E-state index in [9.17, 15) is 14.5 Å². The van der Waals surface area contributed by atoms with Gasteiger partial charge in [0.1, 0.15) is 6.61 Å². The molecule has 8 nitrogen and oxygen atoms in total. The van der Waals surface area contributed by atoms with E-state index in [4.69, 9.17) is 19.3 Å². The number of phosphoric ester groups is 1. The van der Waals surface area contributed by atoms with Crippen LogP contribution in [0, 0.1) is 0 Å². The van der Waals surface area contributed by atoms with Crippen LogP contribution in [0.2, 0.25) is 0 Å².